The number of nitrogens with zero attached hydrogens (tertiary/aromatic N) is 1. The van der Waals surface area contributed by atoms with Gasteiger partial charge in [-0.2, -0.15) is 0 Å². The number of nitrogens with one attached hydrogen (secondary N) is 1. The molecule has 9 heteroatoms. The lowest BCUT2D eigenvalue weighted by atomic mass is 10.2. The van der Waals surface area contributed by atoms with Crippen molar-refractivity contribution in [1.82, 2.24) is 5.32 Å². The van der Waals surface area contributed by atoms with Gasteiger partial charge in [-0.1, -0.05) is 0 Å². The highest BCUT2D eigenvalue weighted by Gasteiger charge is 2.21. The number of rotatable bonds is 5. The zero-order valence-corrected chi connectivity index (χ0v) is 13.5. The average molecular weight is 372 g/mol. The summed E-state index contributed by atoms with van der Waals surface area (Å²) in [6.45, 7) is 0.625. The first-order chi connectivity index (χ1) is 12.2. The molecule has 0 aliphatic heterocycles. The molecule has 2 aromatic rings. The van der Waals surface area contributed by atoms with E-state index in [1.165, 1.54) is 0 Å². The first-order valence-electron chi connectivity index (χ1n) is 7.37. The number of carbonyl (C=O) groups excluding carboxylic acids is 2. The van der Waals surface area contributed by atoms with Gasteiger partial charge in [0.1, 0.15) is 0 Å². The van der Waals surface area contributed by atoms with E-state index in [2.05, 4.69) is 5.32 Å². The maximum absolute atomic E-state index is 13.8. The molecule has 0 heterocycles. The third-order valence-corrected chi connectivity index (χ3v) is 3.49. The summed E-state index contributed by atoms with van der Waals surface area (Å²) in [7, 11) is 0. The minimum absolute atomic E-state index is 0.155. The molecule has 138 valence electrons. The van der Waals surface area contributed by atoms with Crippen LogP contribution in [0.5, 0.6) is 0 Å². The van der Waals surface area contributed by atoms with E-state index in [0.29, 0.717) is 12.1 Å². The standard InChI is InChI=1S/C17H13F5N2O2/c1-9(25)24(14-5-4-12(19)15(21)16(14)22)7-6-23-17(26)10-2-3-11(18)13(20)8-10/h2-5,8H,6-7H2,1H3,(H,23,26). The summed E-state index contributed by atoms with van der Waals surface area (Å²) in [5, 5.41) is 2.33. The van der Waals surface area contributed by atoms with Crippen LogP contribution in [-0.4, -0.2) is 24.9 Å². The Morgan fingerprint density at radius 2 is 1.58 bits per heavy atom. The summed E-state index contributed by atoms with van der Waals surface area (Å²) >= 11 is 0. The molecule has 1 N–H and O–H groups in total. The lowest BCUT2D eigenvalue weighted by Gasteiger charge is -2.22. The quantitative estimate of drug-likeness (QED) is 0.648. The predicted octanol–water partition coefficient (Wildman–Crippen LogP) is 3.17. The maximum Gasteiger partial charge on any atom is 0.251 e. The molecular formula is C17H13F5N2O2. The molecule has 0 aromatic heterocycles. The van der Waals surface area contributed by atoms with Crippen LogP contribution in [0.2, 0.25) is 0 Å². The summed E-state index contributed by atoms with van der Waals surface area (Å²) < 4.78 is 66.1. The summed E-state index contributed by atoms with van der Waals surface area (Å²) in [4.78, 5) is 24.3. The minimum atomic E-state index is -1.72. The Morgan fingerprint density at radius 3 is 2.19 bits per heavy atom. The highest BCUT2D eigenvalue weighted by atomic mass is 19.2. The first-order valence-corrected chi connectivity index (χ1v) is 7.37. The Labute approximate surface area is 145 Å². The van der Waals surface area contributed by atoms with Crippen LogP contribution in [-0.2, 0) is 4.79 Å². The van der Waals surface area contributed by atoms with Gasteiger partial charge < -0.3 is 10.2 Å². The Balaban J connectivity index is 2.08. The Bertz CT molecular complexity index is 857. The number of amides is 2. The molecule has 0 bridgehead atoms. The van der Waals surface area contributed by atoms with Gasteiger partial charge in [0.2, 0.25) is 5.91 Å². The minimum Gasteiger partial charge on any atom is -0.350 e. The van der Waals surface area contributed by atoms with E-state index in [0.717, 1.165) is 30.0 Å². The fourth-order valence-corrected chi connectivity index (χ4v) is 2.19. The predicted molar refractivity (Wildman–Crippen MR) is 83.0 cm³/mol. The SMILES string of the molecule is CC(=O)N(CCNC(=O)c1ccc(F)c(F)c1)c1ccc(F)c(F)c1F. The molecule has 0 atom stereocenters. The second-order valence-corrected chi connectivity index (χ2v) is 5.25. The smallest absolute Gasteiger partial charge is 0.251 e. The third-order valence-electron chi connectivity index (χ3n) is 3.49. The van der Waals surface area contributed by atoms with Crippen molar-refractivity contribution < 1.29 is 31.5 Å². The normalized spacial score (nSPS) is 10.5. The van der Waals surface area contributed by atoms with Crippen LogP contribution < -0.4 is 10.2 Å². The molecule has 0 saturated heterocycles. The summed E-state index contributed by atoms with van der Waals surface area (Å²) in [5.74, 6) is -8.40. The van der Waals surface area contributed by atoms with Crippen LogP contribution in [0.1, 0.15) is 17.3 Å². The number of benzene rings is 2. The summed E-state index contributed by atoms with van der Waals surface area (Å²) in [6.07, 6.45) is 0. The first kappa shape index (κ1) is 19.4. The van der Waals surface area contributed by atoms with E-state index in [9.17, 15) is 31.5 Å². The van der Waals surface area contributed by atoms with Crippen molar-refractivity contribution in [2.45, 2.75) is 6.92 Å². The van der Waals surface area contributed by atoms with Crippen LogP contribution >= 0.6 is 0 Å². The van der Waals surface area contributed by atoms with E-state index < -0.39 is 46.6 Å². The monoisotopic (exact) mass is 372 g/mol. The molecule has 2 rings (SSSR count). The van der Waals surface area contributed by atoms with Gasteiger partial charge in [-0.25, -0.2) is 22.0 Å². The zero-order chi connectivity index (χ0) is 19.4. The molecule has 0 fully saturated rings. The van der Waals surface area contributed by atoms with Crippen molar-refractivity contribution in [3.63, 3.8) is 0 Å². The molecule has 0 radical (unpaired) electrons. The van der Waals surface area contributed by atoms with Gasteiger partial charge in [-0.3, -0.25) is 9.59 Å². The Kier molecular flexibility index (Phi) is 5.91. The Morgan fingerprint density at radius 1 is 0.923 bits per heavy atom. The molecule has 26 heavy (non-hydrogen) atoms. The lowest BCUT2D eigenvalue weighted by molar-refractivity contribution is -0.116. The number of hydrogen-bond acceptors (Lipinski definition) is 2. The second kappa shape index (κ2) is 7.94. The van der Waals surface area contributed by atoms with Crippen LogP contribution in [0.3, 0.4) is 0 Å². The van der Waals surface area contributed by atoms with E-state index in [4.69, 9.17) is 0 Å². The molecule has 0 unspecified atom stereocenters. The van der Waals surface area contributed by atoms with E-state index >= 15 is 0 Å². The third kappa shape index (κ3) is 4.16. The van der Waals surface area contributed by atoms with E-state index in [-0.39, 0.29) is 18.7 Å². The molecule has 0 aliphatic rings. The number of anilines is 1. The van der Waals surface area contributed by atoms with Crippen molar-refractivity contribution in [2.24, 2.45) is 0 Å². The zero-order valence-electron chi connectivity index (χ0n) is 13.5. The molecule has 0 aliphatic carbocycles. The van der Waals surface area contributed by atoms with Gasteiger partial charge in [0.25, 0.3) is 5.91 Å². The van der Waals surface area contributed by atoms with Crippen molar-refractivity contribution in [3.05, 3.63) is 65.0 Å². The van der Waals surface area contributed by atoms with Crippen molar-refractivity contribution in [2.75, 3.05) is 18.0 Å². The highest BCUT2D eigenvalue weighted by Crippen LogP contribution is 2.23. The van der Waals surface area contributed by atoms with Crippen LogP contribution in [0, 0.1) is 29.1 Å². The summed E-state index contributed by atoms with van der Waals surface area (Å²) in [6, 6.07) is 4.10. The highest BCUT2D eigenvalue weighted by molar-refractivity contribution is 5.94. The molecule has 2 aromatic carbocycles. The average Bonchev–Trinajstić information content (AvgIpc) is 2.59. The van der Waals surface area contributed by atoms with E-state index in [1.54, 1.807) is 0 Å². The van der Waals surface area contributed by atoms with Crippen LogP contribution in [0.4, 0.5) is 27.6 Å². The maximum atomic E-state index is 13.8. The van der Waals surface area contributed by atoms with Crippen LogP contribution in [0.15, 0.2) is 30.3 Å². The fraction of sp³-hybridized carbons (Fsp3) is 0.176. The summed E-state index contributed by atoms with van der Waals surface area (Å²) in [5.41, 5.74) is -0.643. The molecule has 2 amide bonds. The molecule has 0 spiro atoms. The van der Waals surface area contributed by atoms with Crippen LogP contribution in [0.25, 0.3) is 0 Å². The van der Waals surface area contributed by atoms with Gasteiger partial charge >= 0.3 is 0 Å². The van der Waals surface area contributed by atoms with E-state index in [1.807, 2.05) is 0 Å². The number of halogens is 5. The molecular weight excluding hydrogens is 359 g/mol. The van der Waals surface area contributed by atoms with Gasteiger partial charge in [-0.15, -0.1) is 0 Å². The van der Waals surface area contributed by atoms with Gasteiger partial charge in [-0.05, 0) is 30.3 Å². The number of hydrogen-bond donors (Lipinski definition) is 1. The van der Waals surface area contributed by atoms with Crippen molar-refractivity contribution in [3.8, 4) is 0 Å². The molecule has 4 nitrogen and oxygen atoms in total. The fourth-order valence-electron chi connectivity index (χ4n) is 2.19. The number of carbonyl (C=O) groups is 2. The van der Waals surface area contributed by atoms with Gasteiger partial charge in [0, 0.05) is 25.6 Å². The van der Waals surface area contributed by atoms with Gasteiger partial charge in [0.05, 0.1) is 5.69 Å². The van der Waals surface area contributed by atoms with Gasteiger partial charge in [0.15, 0.2) is 29.1 Å². The van der Waals surface area contributed by atoms with Crippen molar-refractivity contribution >= 4 is 17.5 Å². The molecule has 0 saturated carbocycles. The Hall–Kier alpha value is -2.97. The second-order valence-electron chi connectivity index (χ2n) is 5.25. The lowest BCUT2D eigenvalue weighted by Crippen LogP contribution is -2.38. The van der Waals surface area contributed by atoms with Crippen molar-refractivity contribution in [1.29, 1.82) is 0 Å². The topological polar surface area (TPSA) is 49.4 Å². The largest absolute Gasteiger partial charge is 0.350 e.